The molecule has 0 rings (SSSR count). The zero-order valence-electron chi connectivity index (χ0n) is 9.93. The van der Waals surface area contributed by atoms with Gasteiger partial charge in [-0.15, -0.1) is 0 Å². The number of nitriles is 1. The van der Waals surface area contributed by atoms with E-state index in [1.54, 1.807) is 0 Å². The highest BCUT2D eigenvalue weighted by atomic mass is 32.2. The maximum absolute atomic E-state index is 11.7. The van der Waals surface area contributed by atoms with Gasteiger partial charge in [-0.05, 0) is 12.3 Å². The van der Waals surface area contributed by atoms with Crippen LogP contribution in [0.3, 0.4) is 0 Å². The van der Waals surface area contributed by atoms with Crippen molar-refractivity contribution in [2.75, 3.05) is 21.1 Å². The molecular weight excluding hydrogens is 214 g/mol. The molecule has 1 unspecified atom stereocenters. The van der Waals surface area contributed by atoms with Crippen LogP contribution < -0.4 is 0 Å². The van der Waals surface area contributed by atoms with Gasteiger partial charge in [-0.2, -0.15) is 22.3 Å². The summed E-state index contributed by atoms with van der Waals surface area (Å²) in [6.07, 6.45) is 0.542. The molecule has 0 aliphatic carbocycles. The molecule has 0 bridgehead atoms. The third-order valence-corrected chi connectivity index (χ3v) is 4.01. The normalized spacial score (nSPS) is 14.6. The Morgan fingerprint density at radius 1 is 1.27 bits per heavy atom. The van der Waals surface area contributed by atoms with Crippen LogP contribution in [0.4, 0.5) is 0 Å². The first kappa shape index (κ1) is 14.4. The highest BCUT2D eigenvalue weighted by Crippen LogP contribution is 2.14. The molecule has 0 aliphatic heterocycles. The second kappa shape index (κ2) is 5.45. The van der Waals surface area contributed by atoms with Gasteiger partial charge in [-0.3, -0.25) is 0 Å². The Hall–Kier alpha value is -0.640. The smallest absolute Gasteiger partial charge is 0.197 e. The molecule has 0 aromatic heterocycles. The molecule has 0 fully saturated rings. The Kier molecular flexibility index (Phi) is 5.21. The van der Waals surface area contributed by atoms with Gasteiger partial charge in [0.25, 0.3) is 10.2 Å². The van der Waals surface area contributed by atoms with Crippen molar-refractivity contribution in [3.05, 3.63) is 0 Å². The van der Waals surface area contributed by atoms with Crippen LogP contribution >= 0.6 is 0 Å². The zero-order chi connectivity index (χ0) is 12.2. The van der Waals surface area contributed by atoms with E-state index in [4.69, 9.17) is 5.26 Å². The molecule has 0 heterocycles. The molecule has 0 saturated heterocycles. The van der Waals surface area contributed by atoms with Gasteiger partial charge in [0.2, 0.25) is 0 Å². The molecule has 0 radical (unpaired) electrons. The van der Waals surface area contributed by atoms with Crippen molar-refractivity contribution < 1.29 is 8.42 Å². The summed E-state index contributed by atoms with van der Waals surface area (Å²) in [5, 5.41) is 8.92. The molecule has 0 aromatic carbocycles. The van der Waals surface area contributed by atoms with Crippen LogP contribution in [0.15, 0.2) is 0 Å². The second-order valence-electron chi connectivity index (χ2n) is 4.08. The van der Waals surface area contributed by atoms with Crippen LogP contribution in [0.1, 0.15) is 20.3 Å². The van der Waals surface area contributed by atoms with Gasteiger partial charge in [-0.1, -0.05) is 13.8 Å². The van der Waals surface area contributed by atoms with Gasteiger partial charge in [0.15, 0.2) is 0 Å². The maximum atomic E-state index is 11.7. The molecule has 0 spiro atoms. The first-order valence-corrected chi connectivity index (χ1v) is 6.18. The summed E-state index contributed by atoms with van der Waals surface area (Å²) >= 11 is 0. The minimum atomic E-state index is -3.49. The number of hydrogen-bond donors (Lipinski definition) is 0. The molecular formula is C9H19N3O2S. The average Bonchev–Trinajstić information content (AvgIpc) is 2.12. The summed E-state index contributed by atoms with van der Waals surface area (Å²) in [4.78, 5) is 0. The maximum Gasteiger partial charge on any atom is 0.282 e. The molecule has 1 atom stereocenters. The lowest BCUT2D eigenvalue weighted by Gasteiger charge is -2.26. The van der Waals surface area contributed by atoms with Crippen LogP contribution in [-0.4, -0.2) is 44.2 Å². The summed E-state index contributed by atoms with van der Waals surface area (Å²) < 4.78 is 25.7. The molecule has 0 aromatic rings. The Morgan fingerprint density at radius 3 is 2.00 bits per heavy atom. The van der Waals surface area contributed by atoms with Crippen molar-refractivity contribution in [3.63, 3.8) is 0 Å². The zero-order valence-corrected chi connectivity index (χ0v) is 10.7. The van der Waals surface area contributed by atoms with Gasteiger partial charge >= 0.3 is 0 Å². The summed E-state index contributed by atoms with van der Waals surface area (Å²) in [7, 11) is 0.854. The largest absolute Gasteiger partial charge is 0.282 e. The van der Waals surface area contributed by atoms with Crippen molar-refractivity contribution in [2.45, 2.75) is 26.3 Å². The molecule has 88 valence electrons. The highest BCUT2D eigenvalue weighted by Gasteiger charge is 2.28. The van der Waals surface area contributed by atoms with Crippen molar-refractivity contribution in [2.24, 2.45) is 5.92 Å². The fourth-order valence-electron chi connectivity index (χ4n) is 1.15. The second-order valence-corrected chi connectivity index (χ2v) is 6.28. The Morgan fingerprint density at radius 2 is 1.73 bits per heavy atom. The lowest BCUT2D eigenvalue weighted by atomic mass is 10.1. The molecule has 0 saturated carbocycles. The molecule has 5 nitrogen and oxygen atoms in total. The van der Waals surface area contributed by atoms with Crippen molar-refractivity contribution in [1.29, 1.82) is 5.26 Å². The first-order chi connectivity index (χ1) is 6.73. The predicted molar refractivity (Wildman–Crippen MR) is 59.2 cm³/mol. The summed E-state index contributed by atoms with van der Waals surface area (Å²) in [5.41, 5.74) is 0. The van der Waals surface area contributed by atoms with Crippen LogP contribution in [0, 0.1) is 17.2 Å². The number of nitrogens with zero attached hydrogens (tertiary/aromatic N) is 3. The Bertz CT molecular complexity index is 330. The molecule has 0 N–H and O–H groups in total. The lowest BCUT2D eigenvalue weighted by Crippen LogP contribution is -2.43. The van der Waals surface area contributed by atoms with E-state index in [2.05, 4.69) is 0 Å². The van der Waals surface area contributed by atoms with E-state index in [-0.39, 0.29) is 5.92 Å². The van der Waals surface area contributed by atoms with E-state index < -0.39 is 16.3 Å². The Labute approximate surface area is 92.5 Å². The average molecular weight is 233 g/mol. The van der Waals surface area contributed by atoms with E-state index in [9.17, 15) is 8.42 Å². The third kappa shape index (κ3) is 3.78. The van der Waals surface area contributed by atoms with Gasteiger partial charge < -0.3 is 0 Å². The van der Waals surface area contributed by atoms with E-state index in [0.29, 0.717) is 6.42 Å². The lowest BCUT2D eigenvalue weighted by molar-refractivity contribution is 0.348. The van der Waals surface area contributed by atoms with E-state index in [1.807, 2.05) is 19.9 Å². The fraction of sp³-hybridized carbons (Fsp3) is 0.889. The van der Waals surface area contributed by atoms with Crippen molar-refractivity contribution >= 4 is 10.2 Å². The summed E-state index contributed by atoms with van der Waals surface area (Å²) in [5.74, 6) is 0.287. The SMILES string of the molecule is CC(C)CC(C#N)N(C)S(=O)(=O)N(C)C. The van der Waals surface area contributed by atoms with Crippen LogP contribution in [0.2, 0.25) is 0 Å². The Balaban J connectivity index is 4.83. The number of rotatable bonds is 5. The van der Waals surface area contributed by atoms with Crippen molar-refractivity contribution in [3.8, 4) is 6.07 Å². The van der Waals surface area contributed by atoms with Crippen LogP contribution in [0.25, 0.3) is 0 Å². The quantitative estimate of drug-likeness (QED) is 0.701. The topological polar surface area (TPSA) is 64.4 Å². The van der Waals surface area contributed by atoms with Gasteiger partial charge in [0.1, 0.15) is 6.04 Å². The first-order valence-electron chi connectivity index (χ1n) is 4.78. The highest BCUT2D eigenvalue weighted by molar-refractivity contribution is 7.86. The van der Waals surface area contributed by atoms with Gasteiger partial charge in [0.05, 0.1) is 6.07 Å². The molecule has 0 amide bonds. The van der Waals surface area contributed by atoms with Crippen LogP contribution in [-0.2, 0) is 10.2 Å². The molecule has 0 aliphatic rings. The minimum absolute atomic E-state index is 0.287. The predicted octanol–water partition coefficient (Wildman–Crippen LogP) is 0.663. The molecule has 6 heteroatoms. The van der Waals surface area contributed by atoms with Gasteiger partial charge in [-0.25, -0.2) is 0 Å². The summed E-state index contributed by atoms with van der Waals surface area (Å²) in [6, 6.07) is 1.41. The fourth-order valence-corrected chi connectivity index (χ4v) is 2.12. The van der Waals surface area contributed by atoms with E-state index in [0.717, 1.165) is 8.61 Å². The standard InChI is InChI=1S/C9H19N3O2S/c1-8(2)6-9(7-10)12(5)15(13,14)11(3)4/h8-9H,6H2,1-5H3. The van der Waals surface area contributed by atoms with Crippen LogP contribution in [0.5, 0.6) is 0 Å². The summed E-state index contributed by atoms with van der Waals surface area (Å²) in [6.45, 7) is 3.92. The van der Waals surface area contributed by atoms with E-state index >= 15 is 0 Å². The van der Waals surface area contributed by atoms with E-state index in [1.165, 1.54) is 21.1 Å². The minimum Gasteiger partial charge on any atom is -0.197 e. The third-order valence-electron chi connectivity index (χ3n) is 2.11. The number of hydrogen-bond acceptors (Lipinski definition) is 3. The van der Waals surface area contributed by atoms with Crippen molar-refractivity contribution in [1.82, 2.24) is 8.61 Å². The monoisotopic (exact) mass is 233 g/mol. The van der Waals surface area contributed by atoms with Gasteiger partial charge in [0, 0.05) is 21.1 Å². The molecule has 15 heavy (non-hydrogen) atoms.